The lowest BCUT2D eigenvalue weighted by Gasteiger charge is -2.16. The van der Waals surface area contributed by atoms with E-state index in [1.165, 1.54) is 17.6 Å². The minimum atomic E-state index is -0.363. The molecule has 1 aromatic heterocycles. The van der Waals surface area contributed by atoms with E-state index >= 15 is 0 Å². The zero-order chi connectivity index (χ0) is 18.6. The maximum absolute atomic E-state index is 12.6. The van der Waals surface area contributed by atoms with E-state index < -0.39 is 0 Å². The third-order valence-electron chi connectivity index (χ3n) is 3.96. The molecule has 0 aliphatic carbocycles. The summed E-state index contributed by atoms with van der Waals surface area (Å²) in [5.74, 6) is -0.626. The van der Waals surface area contributed by atoms with Crippen molar-refractivity contribution in [2.75, 3.05) is 20.7 Å². The highest BCUT2D eigenvalue weighted by Gasteiger charge is 2.23. The Balaban J connectivity index is 2.16. The number of methoxy groups -OCH3 is 1. The molecule has 0 atom stereocenters. The molecule has 134 valence electrons. The standard InChI is InChI=1S/C18H22ClN3O3/c1-12-5-7-14(8-6-12)11-22-17(19)16(13(2)20-22)18(24)21(3)10-9-15(23)25-4/h5-8H,9-11H2,1-4H3. The highest BCUT2D eigenvalue weighted by Crippen LogP contribution is 2.22. The van der Waals surface area contributed by atoms with Crippen molar-refractivity contribution < 1.29 is 14.3 Å². The lowest BCUT2D eigenvalue weighted by atomic mass is 10.1. The van der Waals surface area contributed by atoms with Crippen LogP contribution < -0.4 is 0 Å². The Morgan fingerprint density at radius 1 is 1.24 bits per heavy atom. The second-order valence-electron chi connectivity index (χ2n) is 5.95. The highest BCUT2D eigenvalue weighted by molar-refractivity contribution is 6.33. The van der Waals surface area contributed by atoms with Crippen LogP contribution in [0.4, 0.5) is 0 Å². The number of aromatic nitrogens is 2. The van der Waals surface area contributed by atoms with E-state index in [0.717, 1.165) is 5.56 Å². The van der Waals surface area contributed by atoms with E-state index in [2.05, 4.69) is 9.84 Å². The first kappa shape index (κ1) is 19.0. The Labute approximate surface area is 152 Å². The van der Waals surface area contributed by atoms with Crippen LogP contribution in [0, 0.1) is 13.8 Å². The molecule has 0 saturated heterocycles. The maximum Gasteiger partial charge on any atom is 0.307 e. The number of rotatable bonds is 6. The summed E-state index contributed by atoms with van der Waals surface area (Å²) in [6.07, 6.45) is 0.132. The molecule has 2 aromatic rings. The maximum atomic E-state index is 12.6. The van der Waals surface area contributed by atoms with Gasteiger partial charge in [-0.2, -0.15) is 5.10 Å². The molecule has 0 N–H and O–H groups in total. The number of carbonyl (C=O) groups excluding carboxylic acids is 2. The molecule has 0 bridgehead atoms. The predicted octanol–water partition coefficient (Wildman–Crippen LogP) is 2.84. The fraction of sp³-hybridized carbons (Fsp3) is 0.389. The van der Waals surface area contributed by atoms with Crippen molar-refractivity contribution in [3.05, 3.63) is 51.8 Å². The van der Waals surface area contributed by atoms with Crippen LogP contribution in [0.2, 0.25) is 5.15 Å². The average molecular weight is 364 g/mol. The summed E-state index contributed by atoms with van der Waals surface area (Å²) in [5, 5.41) is 4.69. The van der Waals surface area contributed by atoms with Gasteiger partial charge in [0, 0.05) is 13.6 Å². The lowest BCUT2D eigenvalue weighted by Crippen LogP contribution is -2.29. The van der Waals surface area contributed by atoms with E-state index in [9.17, 15) is 9.59 Å². The molecule has 6 nitrogen and oxygen atoms in total. The first-order valence-corrected chi connectivity index (χ1v) is 8.32. The molecule has 25 heavy (non-hydrogen) atoms. The number of aryl methyl sites for hydroxylation is 2. The molecule has 0 spiro atoms. The third kappa shape index (κ3) is 4.60. The molecule has 0 aliphatic rings. The van der Waals surface area contributed by atoms with Crippen molar-refractivity contribution in [2.45, 2.75) is 26.8 Å². The van der Waals surface area contributed by atoms with Crippen LogP contribution in [-0.2, 0) is 16.1 Å². The van der Waals surface area contributed by atoms with Crippen LogP contribution in [0.15, 0.2) is 24.3 Å². The van der Waals surface area contributed by atoms with Gasteiger partial charge in [0.1, 0.15) is 5.15 Å². The fourth-order valence-electron chi connectivity index (χ4n) is 2.42. The Hall–Kier alpha value is -2.34. The molecule has 0 aliphatic heterocycles. The van der Waals surface area contributed by atoms with Gasteiger partial charge in [0.15, 0.2) is 0 Å². The van der Waals surface area contributed by atoms with Crippen molar-refractivity contribution in [3.8, 4) is 0 Å². The number of nitrogens with zero attached hydrogens (tertiary/aromatic N) is 3. The first-order valence-electron chi connectivity index (χ1n) is 7.94. The molecule has 2 rings (SSSR count). The van der Waals surface area contributed by atoms with Crippen LogP contribution >= 0.6 is 11.6 Å². The van der Waals surface area contributed by atoms with Crippen molar-refractivity contribution in [2.24, 2.45) is 0 Å². The number of carbonyl (C=O) groups is 2. The number of hydrogen-bond acceptors (Lipinski definition) is 4. The quantitative estimate of drug-likeness (QED) is 0.740. The van der Waals surface area contributed by atoms with Gasteiger partial charge in [-0.25, -0.2) is 4.68 Å². The lowest BCUT2D eigenvalue weighted by molar-refractivity contribution is -0.140. The molecule has 1 heterocycles. The van der Waals surface area contributed by atoms with Gasteiger partial charge in [0.25, 0.3) is 5.91 Å². The normalized spacial score (nSPS) is 10.6. The minimum Gasteiger partial charge on any atom is -0.469 e. The summed E-state index contributed by atoms with van der Waals surface area (Å²) in [5.41, 5.74) is 3.15. The number of ether oxygens (including phenoxy) is 1. The molecule has 7 heteroatoms. The second-order valence-corrected chi connectivity index (χ2v) is 6.31. The Bertz CT molecular complexity index is 769. The zero-order valence-corrected chi connectivity index (χ0v) is 15.6. The summed E-state index contributed by atoms with van der Waals surface area (Å²) >= 11 is 6.40. The van der Waals surface area contributed by atoms with E-state index in [1.807, 2.05) is 31.2 Å². The molecule has 0 radical (unpaired) electrons. The van der Waals surface area contributed by atoms with E-state index in [4.69, 9.17) is 11.6 Å². The molecule has 0 saturated carbocycles. The summed E-state index contributed by atoms with van der Waals surface area (Å²) in [7, 11) is 2.94. The van der Waals surface area contributed by atoms with E-state index in [1.54, 1.807) is 18.7 Å². The van der Waals surface area contributed by atoms with Gasteiger partial charge in [-0.3, -0.25) is 9.59 Å². The van der Waals surface area contributed by atoms with Crippen LogP contribution in [0.5, 0.6) is 0 Å². The minimum absolute atomic E-state index is 0.132. The average Bonchev–Trinajstić information content (AvgIpc) is 2.87. The summed E-state index contributed by atoms with van der Waals surface area (Å²) in [6, 6.07) is 8.05. The van der Waals surface area contributed by atoms with Gasteiger partial charge in [0.05, 0.1) is 31.3 Å². The largest absolute Gasteiger partial charge is 0.469 e. The molecular formula is C18H22ClN3O3. The van der Waals surface area contributed by atoms with E-state index in [-0.39, 0.29) is 24.8 Å². The predicted molar refractivity (Wildman–Crippen MR) is 95.8 cm³/mol. The Kier molecular flexibility index (Phi) is 6.20. The SMILES string of the molecule is COC(=O)CCN(C)C(=O)c1c(C)nn(Cc2ccc(C)cc2)c1Cl. The number of amides is 1. The topological polar surface area (TPSA) is 64.4 Å². The van der Waals surface area contributed by atoms with E-state index in [0.29, 0.717) is 23.0 Å². The van der Waals surface area contributed by atoms with Crippen molar-refractivity contribution >= 4 is 23.5 Å². The zero-order valence-electron chi connectivity index (χ0n) is 14.9. The number of benzene rings is 1. The Morgan fingerprint density at radius 3 is 2.48 bits per heavy atom. The Morgan fingerprint density at radius 2 is 1.88 bits per heavy atom. The van der Waals surface area contributed by atoms with Gasteiger partial charge >= 0.3 is 5.97 Å². The van der Waals surface area contributed by atoms with Crippen molar-refractivity contribution in [1.82, 2.24) is 14.7 Å². The molecular weight excluding hydrogens is 342 g/mol. The van der Waals surface area contributed by atoms with Crippen LogP contribution in [0.25, 0.3) is 0 Å². The summed E-state index contributed by atoms with van der Waals surface area (Å²) < 4.78 is 6.21. The smallest absolute Gasteiger partial charge is 0.307 e. The molecule has 0 fully saturated rings. The molecule has 1 aromatic carbocycles. The van der Waals surface area contributed by atoms with Crippen molar-refractivity contribution in [1.29, 1.82) is 0 Å². The van der Waals surface area contributed by atoms with Crippen LogP contribution in [-0.4, -0.2) is 47.3 Å². The molecule has 1 amide bonds. The second kappa shape index (κ2) is 8.16. The first-order chi connectivity index (χ1) is 11.8. The highest BCUT2D eigenvalue weighted by atomic mass is 35.5. The number of esters is 1. The van der Waals surface area contributed by atoms with Gasteiger partial charge in [0.2, 0.25) is 0 Å². The monoisotopic (exact) mass is 363 g/mol. The molecule has 0 unspecified atom stereocenters. The van der Waals surface area contributed by atoms with Crippen LogP contribution in [0.1, 0.15) is 33.6 Å². The van der Waals surface area contributed by atoms with Gasteiger partial charge in [-0.15, -0.1) is 0 Å². The van der Waals surface area contributed by atoms with Crippen molar-refractivity contribution in [3.63, 3.8) is 0 Å². The van der Waals surface area contributed by atoms with Gasteiger partial charge in [-0.05, 0) is 19.4 Å². The number of halogens is 1. The summed E-state index contributed by atoms with van der Waals surface area (Å²) in [6.45, 7) is 4.51. The third-order valence-corrected chi connectivity index (χ3v) is 4.34. The summed E-state index contributed by atoms with van der Waals surface area (Å²) in [4.78, 5) is 25.3. The van der Waals surface area contributed by atoms with Crippen LogP contribution in [0.3, 0.4) is 0 Å². The number of hydrogen-bond donors (Lipinski definition) is 0. The van der Waals surface area contributed by atoms with Gasteiger partial charge < -0.3 is 9.64 Å². The fourth-order valence-corrected chi connectivity index (χ4v) is 2.74. The van der Waals surface area contributed by atoms with Gasteiger partial charge in [-0.1, -0.05) is 41.4 Å².